The van der Waals surface area contributed by atoms with Crippen molar-refractivity contribution < 1.29 is 5.11 Å². The molecule has 1 saturated carbocycles. The average Bonchev–Trinajstić information content (AvgIpc) is 2.47. The third-order valence-corrected chi connectivity index (χ3v) is 4.68. The lowest BCUT2D eigenvalue weighted by Gasteiger charge is -2.38. The van der Waals surface area contributed by atoms with E-state index >= 15 is 0 Å². The van der Waals surface area contributed by atoms with Crippen LogP contribution in [0.15, 0.2) is 0 Å². The number of aliphatic hydroxyl groups excluding tert-OH is 1. The molecule has 0 radical (unpaired) electrons. The van der Waals surface area contributed by atoms with Gasteiger partial charge in [0.05, 0.1) is 12.3 Å². The summed E-state index contributed by atoms with van der Waals surface area (Å²) in [6.07, 6.45) is 3.44. The van der Waals surface area contributed by atoms with E-state index in [2.05, 4.69) is 20.8 Å². The minimum absolute atomic E-state index is 0.0164. The fourth-order valence-electron chi connectivity index (χ4n) is 2.21. The number of hydrogen-bond acceptors (Lipinski definition) is 3. The lowest BCUT2D eigenvalue weighted by Crippen LogP contribution is -2.37. The molecule has 0 atom stereocenters. The van der Waals surface area contributed by atoms with Crippen LogP contribution in [0.5, 0.6) is 0 Å². The van der Waals surface area contributed by atoms with Gasteiger partial charge in [0.1, 0.15) is 5.01 Å². The zero-order valence-corrected chi connectivity index (χ0v) is 10.5. The molecule has 1 aromatic rings. The number of rotatable bonds is 3. The van der Waals surface area contributed by atoms with Crippen LogP contribution in [0.4, 0.5) is 0 Å². The Morgan fingerprint density at radius 2 is 2.13 bits per heavy atom. The summed E-state index contributed by atoms with van der Waals surface area (Å²) >= 11 is 1.78. The second-order valence-electron chi connectivity index (χ2n) is 4.91. The van der Waals surface area contributed by atoms with E-state index in [9.17, 15) is 5.11 Å². The van der Waals surface area contributed by atoms with Crippen molar-refractivity contribution in [3.8, 4) is 0 Å². The molecular weight excluding hydrogens is 206 g/mol. The van der Waals surface area contributed by atoms with Gasteiger partial charge in [0.25, 0.3) is 0 Å². The van der Waals surface area contributed by atoms with E-state index in [1.54, 1.807) is 11.3 Å². The summed E-state index contributed by atoms with van der Waals surface area (Å²) in [5.41, 5.74) is 1.23. The van der Waals surface area contributed by atoms with Gasteiger partial charge < -0.3 is 5.11 Å². The highest BCUT2D eigenvalue weighted by atomic mass is 32.1. The summed E-state index contributed by atoms with van der Waals surface area (Å²) in [5, 5.41) is 10.7. The van der Waals surface area contributed by atoms with Gasteiger partial charge in [-0.15, -0.1) is 11.3 Å². The second kappa shape index (κ2) is 3.87. The van der Waals surface area contributed by atoms with E-state index in [1.807, 2.05) is 0 Å². The SMILES string of the molecule is Cc1sc(C2(CO)CCC2)nc1C(C)C. The van der Waals surface area contributed by atoms with Gasteiger partial charge in [-0.1, -0.05) is 20.3 Å². The van der Waals surface area contributed by atoms with Crippen molar-refractivity contribution in [3.63, 3.8) is 0 Å². The minimum Gasteiger partial charge on any atom is -0.395 e. The number of hydrogen-bond donors (Lipinski definition) is 1. The molecule has 0 saturated heterocycles. The normalized spacial score (nSPS) is 19.3. The Morgan fingerprint density at radius 3 is 2.47 bits per heavy atom. The van der Waals surface area contributed by atoms with Gasteiger partial charge in [0, 0.05) is 10.3 Å². The third kappa shape index (κ3) is 1.72. The molecule has 3 heteroatoms. The van der Waals surface area contributed by atoms with Crippen molar-refractivity contribution in [1.29, 1.82) is 0 Å². The topological polar surface area (TPSA) is 33.1 Å². The Hall–Kier alpha value is -0.410. The van der Waals surface area contributed by atoms with Crippen LogP contribution in [0.2, 0.25) is 0 Å². The van der Waals surface area contributed by atoms with Crippen molar-refractivity contribution in [3.05, 3.63) is 15.6 Å². The van der Waals surface area contributed by atoms with E-state index in [0.717, 1.165) is 17.8 Å². The smallest absolute Gasteiger partial charge is 0.102 e. The average molecular weight is 225 g/mol. The van der Waals surface area contributed by atoms with Crippen LogP contribution >= 0.6 is 11.3 Å². The van der Waals surface area contributed by atoms with Gasteiger partial charge in [-0.3, -0.25) is 0 Å². The Labute approximate surface area is 95.4 Å². The van der Waals surface area contributed by atoms with Crippen LogP contribution in [0.1, 0.15) is 54.6 Å². The Bertz CT molecular complexity index is 347. The summed E-state index contributed by atoms with van der Waals surface area (Å²) in [6.45, 7) is 6.76. The number of aliphatic hydroxyl groups is 1. The molecule has 84 valence electrons. The van der Waals surface area contributed by atoms with Crippen molar-refractivity contribution in [2.75, 3.05) is 6.61 Å². The fourth-order valence-corrected chi connectivity index (χ4v) is 3.52. The fraction of sp³-hybridized carbons (Fsp3) is 0.750. The molecular formula is C12H19NOS. The van der Waals surface area contributed by atoms with Gasteiger partial charge in [-0.05, 0) is 25.7 Å². The van der Waals surface area contributed by atoms with Crippen LogP contribution < -0.4 is 0 Å². The number of nitrogens with zero attached hydrogens (tertiary/aromatic N) is 1. The predicted octanol–water partition coefficient (Wildman–Crippen LogP) is 2.99. The summed E-state index contributed by atoms with van der Waals surface area (Å²) in [6, 6.07) is 0. The molecule has 1 heterocycles. The Balaban J connectivity index is 2.33. The van der Waals surface area contributed by atoms with Crippen molar-refractivity contribution in [2.24, 2.45) is 0 Å². The molecule has 2 rings (SSSR count). The summed E-state index contributed by atoms with van der Waals surface area (Å²) in [5.74, 6) is 0.491. The van der Waals surface area contributed by atoms with E-state index in [1.165, 1.54) is 17.0 Å². The number of aromatic nitrogens is 1. The maximum absolute atomic E-state index is 9.50. The van der Waals surface area contributed by atoms with Crippen LogP contribution in [0, 0.1) is 6.92 Å². The molecule has 1 aliphatic carbocycles. The molecule has 0 aromatic carbocycles. The Morgan fingerprint density at radius 1 is 1.47 bits per heavy atom. The zero-order chi connectivity index (χ0) is 11.1. The summed E-state index contributed by atoms with van der Waals surface area (Å²) < 4.78 is 0. The molecule has 0 aliphatic heterocycles. The van der Waals surface area contributed by atoms with Crippen LogP contribution in [0.3, 0.4) is 0 Å². The van der Waals surface area contributed by atoms with Gasteiger partial charge >= 0.3 is 0 Å². The van der Waals surface area contributed by atoms with Crippen molar-refractivity contribution in [1.82, 2.24) is 4.98 Å². The molecule has 2 nitrogen and oxygen atoms in total. The van der Waals surface area contributed by atoms with Gasteiger partial charge in [0.15, 0.2) is 0 Å². The molecule has 0 amide bonds. The highest BCUT2D eigenvalue weighted by Crippen LogP contribution is 2.45. The predicted molar refractivity (Wildman–Crippen MR) is 63.6 cm³/mol. The van der Waals surface area contributed by atoms with Crippen molar-refractivity contribution in [2.45, 2.75) is 51.4 Å². The van der Waals surface area contributed by atoms with E-state index in [0.29, 0.717) is 5.92 Å². The third-order valence-electron chi connectivity index (χ3n) is 3.45. The highest BCUT2D eigenvalue weighted by Gasteiger charge is 2.41. The zero-order valence-electron chi connectivity index (χ0n) is 9.71. The molecule has 15 heavy (non-hydrogen) atoms. The number of thiazole rings is 1. The first kappa shape index (κ1) is 11.1. The Kier molecular flexibility index (Phi) is 2.86. The standard InChI is InChI=1S/C12H19NOS/c1-8(2)10-9(3)15-11(13-10)12(7-14)5-4-6-12/h8,14H,4-7H2,1-3H3. The molecule has 0 unspecified atom stereocenters. The monoisotopic (exact) mass is 225 g/mol. The molecule has 1 N–H and O–H groups in total. The molecule has 1 aliphatic rings. The van der Waals surface area contributed by atoms with Gasteiger partial charge in [-0.2, -0.15) is 0 Å². The van der Waals surface area contributed by atoms with E-state index < -0.39 is 0 Å². The second-order valence-corrected chi connectivity index (χ2v) is 6.11. The lowest BCUT2D eigenvalue weighted by molar-refractivity contribution is 0.120. The van der Waals surface area contributed by atoms with Crippen LogP contribution in [-0.2, 0) is 5.41 Å². The minimum atomic E-state index is 0.0164. The first-order valence-electron chi connectivity index (χ1n) is 5.68. The number of aryl methyl sites for hydroxylation is 1. The maximum atomic E-state index is 9.50. The quantitative estimate of drug-likeness (QED) is 0.858. The van der Waals surface area contributed by atoms with E-state index in [-0.39, 0.29) is 12.0 Å². The molecule has 1 aromatic heterocycles. The van der Waals surface area contributed by atoms with E-state index in [4.69, 9.17) is 4.98 Å². The van der Waals surface area contributed by atoms with Gasteiger partial charge in [-0.25, -0.2) is 4.98 Å². The van der Waals surface area contributed by atoms with Gasteiger partial charge in [0.2, 0.25) is 0 Å². The first-order chi connectivity index (χ1) is 7.09. The first-order valence-corrected chi connectivity index (χ1v) is 6.49. The summed E-state index contributed by atoms with van der Waals surface area (Å²) in [7, 11) is 0. The largest absolute Gasteiger partial charge is 0.395 e. The summed E-state index contributed by atoms with van der Waals surface area (Å²) in [4.78, 5) is 6.05. The van der Waals surface area contributed by atoms with Crippen LogP contribution in [-0.4, -0.2) is 16.7 Å². The maximum Gasteiger partial charge on any atom is 0.102 e. The molecule has 0 spiro atoms. The molecule has 0 bridgehead atoms. The highest BCUT2D eigenvalue weighted by molar-refractivity contribution is 7.11. The van der Waals surface area contributed by atoms with Crippen molar-refractivity contribution >= 4 is 11.3 Å². The lowest BCUT2D eigenvalue weighted by atomic mass is 9.70. The van der Waals surface area contributed by atoms with Crippen LogP contribution in [0.25, 0.3) is 0 Å². The molecule has 1 fully saturated rings.